The van der Waals surface area contributed by atoms with Gasteiger partial charge in [-0.25, -0.2) is 4.39 Å². The fourth-order valence-corrected chi connectivity index (χ4v) is 1.23. The Balaban J connectivity index is 2.79. The van der Waals surface area contributed by atoms with Crippen LogP contribution >= 0.6 is 0 Å². The number of rotatable bonds is 3. The zero-order valence-electron chi connectivity index (χ0n) is 7.42. The van der Waals surface area contributed by atoms with Gasteiger partial charge < -0.3 is 5.73 Å². The molecule has 0 radical (unpaired) electrons. The lowest BCUT2D eigenvalue weighted by Gasteiger charge is -2.03. The van der Waals surface area contributed by atoms with Crippen LogP contribution < -0.4 is 5.73 Å². The van der Waals surface area contributed by atoms with E-state index >= 15 is 0 Å². The second-order valence-electron chi connectivity index (χ2n) is 2.89. The maximum atomic E-state index is 13.3. The number of nitrogens with two attached hydrogens (primary N) is 1. The van der Waals surface area contributed by atoms with Gasteiger partial charge in [-0.15, -0.1) is 0 Å². The van der Waals surface area contributed by atoms with Crippen LogP contribution in [0, 0.1) is 6.92 Å². The number of alkyl halides is 1. The Morgan fingerprint density at radius 3 is 2.83 bits per heavy atom. The average molecular weight is 171 g/mol. The molecule has 1 aromatic rings. The van der Waals surface area contributed by atoms with Crippen molar-refractivity contribution in [2.75, 3.05) is 6.54 Å². The minimum Gasteiger partial charge on any atom is -0.330 e. The van der Waals surface area contributed by atoms with E-state index in [9.17, 15) is 4.39 Å². The summed E-state index contributed by atoms with van der Waals surface area (Å²) in [6.07, 6.45) is 1.10. The summed E-state index contributed by atoms with van der Waals surface area (Å²) in [5, 5.41) is 4.05. The smallest absolute Gasteiger partial charge is 0.130 e. The van der Waals surface area contributed by atoms with Crippen LogP contribution in [0.4, 0.5) is 4.39 Å². The highest BCUT2D eigenvalue weighted by Crippen LogP contribution is 2.22. The first-order valence-electron chi connectivity index (χ1n) is 3.99. The predicted molar refractivity (Wildman–Crippen MR) is 45.5 cm³/mol. The van der Waals surface area contributed by atoms with E-state index in [1.807, 2.05) is 0 Å². The molecular weight excluding hydrogens is 157 g/mol. The zero-order chi connectivity index (χ0) is 9.14. The van der Waals surface area contributed by atoms with Crippen LogP contribution in [0.3, 0.4) is 0 Å². The van der Waals surface area contributed by atoms with Crippen LogP contribution in [0.15, 0.2) is 6.20 Å². The molecule has 0 amide bonds. The Labute approximate surface area is 71.4 Å². The minimum atomic E-state index is -0.969. The molecule has 1 heterocycles. The molecule has 3 nitrogen and oxygen atoms in total. The lowest BCUT2D eigenvalue weighted by molar-refractivity contribution is 0.326. The molecule has 1 unspecified atom stereocenters. The van der Waals surface area contributed by atoms with E-state index in [0.717, 1.165) is 5.69 Å². The molecule has 0 aliphatic rings. The van der Waals surface area contributed by atoms with Gasteiger partial charge in [-0.3, -0.25) is 4.68 Å². The maximum Gasteiger partial charge on any atom is 0.130 e. The summed E-state index contributed by atoms with van der Waals surface area (Å²) in [5.41, 5.74) is 6.66. The molecule has 0 bridgehead atoms. The maximum absolute atomic E-state index is 13.3. The number of hydrogen-bond donors (Lipinski definition) is 1. The molecule has 0 aliphatic carbocycles. The van der Waals surface area contributed by atoms with Gasteiger partial charge in [-0.05, 0) is 19.9 Å². The molecule has 68 valence electrons. The topological polar surface area (TPSA) is 43.8 Å². The average Bonchev–Trinajstić information content (AvgIpc) is 2.30. The third-order valence-corrected chi connectivity index (χ3v) is 1.81. The molecule has 0 saturated carbocycles. The van der Waals surface area contributed by atoms with Gasteiger partial charge in [0.2, 0.25) is 0 Å². The highest BCUT2D eigenvalue weighted by atomic mass is 19.1. The second-order valence-corrected chi connectivity index (χ2v) is 2.89. The van der Waals surface area contributed by atoms with E-state index in [1.54, 1.807) is 24.9 Å². The summed E-state index contributed by atoms with van der Waals surface area (Å²) in [5.74, 6) is 0. The third kappa shape index (κ3) is 1.82. The van der Waals surface area contributed by atoms with Crippen LogP contribution in [0.5, 0.6) is 0 Å². The van der Waals surface area contributed by atoms with Gasteiger partial charge in [0.1, 0.15) is 6.17 Å². The van der Waals surface area contributed by atoms with Crippen LogP contribution in [0.1, 0.15) is 23.8 Å². The monoisotopic (exact) mass is 171 g/mol. The van der Waals surface area contributed by atoms with E-state index < -0.39 is 6.17 Å². The fourth-order valence-electron chi connectivity index (χ4n) is 1.23. The molecule has 12 heavy (non-hydrogen) atoms. The summed E-state index contributed by atoms with van der Waals surface area (Å²) >= 11 is 0. The zero-order valence-corrected chi connectivity index (χ0v) is 7.42. The Bertz CT molecular complexity index is 257. The summed E-state index contributed by atoms with van der Waals surface area (Å²) in [7, 11) is 1.78. The summed E-state index contributed by atoms with van der Waals surface area (Å²) in [6.45, 7) is 2.17. The van der Waals surface area contributed by atoms with Gasteiger partial charge in [0.05, 0.1) is 5.69 Å². The first-order chi connectivity index (χ1) is 5.65. The van der Waals surface area contributed by atoms with Gasteiger partial charge in [-0.2, -0.15) is 5.10 Å². The molecule has 0 aromatic carbocycles. The Morgan fingerprint density at radius 2 is 2.42 bits per heavy atom. The third-order valence-electron chi connectivity index (χ3n) is 1.81. The molecule has 0 saturated heterocycles. The predicted octanol–water partition coefficient (Wildman–Crippen LogP) is 1.09. The van der Waals surface area contributed by atoms with E-state index in [0.29, 0.717) is 18.5 Å². The van der Waals surface area contributed by atoms with Crippen LogP contribution in [-0.2, 0) is 7.05 Å². The molecule has 2 N–H and O–H groups in total. The fraction of sp³-hybridized carbons (Fsp3) is 0.625. The quantitative estimate of drug-likeness (QED) is 0.739. The Kier molecular flexibility index (Phi) is 2.81. The number of aryl methyl sites for hydroxylation is 2. The van der Waals surface area contributed by atoms with Crippen LogP contribution in [-0.4, -0.2) is 16.3 Å². The van der Waals surface area contributed by atoms with Crippen molar-refractivity contribution in [3.8, 4) is 0 Å². The van der Waals surface area contributed by atoms with Crippen molar-refractivity contribution in [3.63, 3.8) is 0 Å². The van der Waals surface area contributed by atoms with E-state index in [2.05, 4.69) is 5.10 Å². The Hall–Kier alpha value is -0.900. The van der Waals surface area contributed by atoms with E-state index in [4.69, 9.17) is 5.73 Å². The molecule has 1 aromatic heterocycles. The van der Waals surface area contributed by atoms with Gasteiger partial charge >= 0.3 is 0 Å². The van der Waals surface area contributed by atoms with Crippen molar-refractivity contribution in [2.24, 2.45) is 12.8 Å². The normalized spacial score (nSPS) is 13.3. The molecule has 1 atom stereocenters. The van der Waals surface area contributed by atoms with Gasteiger partial charge in [0, 0.05) is 18.8 Å². The number of hydrogen-bond acceptors (Lipinski definition) is 2. The molecule has 0 spiro atoms. The summed E-state index contributed by atoms with van der Waals surface area (Å²) in [4.78, 5) is 0. The highest BCUT2D eigenvalue weighted by molar-refractivity contribution is 5.18. The van der Waals surface area contributed by atoms with Gasteiger partial charge in [0.15, 0.2) is 0 Å². The largest absolute Gasteiger partial charge is 0.330 e. The number of aromatic nitrogens is 2. The first-order valence-corrected chi connectivity index (χ1v) is 3.99. The lowest BCUT2D eigenvalue weighted by Crippen LogP contribution is -2.03. The van der Waals surface area contributed by atoms with Gasteiger partial charge in [-0.1, -0.05) is 0 Å². The van der Waals surface area contributed by atoms with Crippen molar-refractivity contribution in [1.82, 2.24) is 9.78 Å². The minimum absolute atomic E-state index is 0.368. The molecule has 0 fully saturated rings. The molecule has 4 heteroatoms. The summed E-state index contributed by atoms with van der Waals surface area (Å²) in [6, 6.07) is 0. The van der Waals surface area contributed by atoms with Gasteiger partial charge in [0.25, 0.3) is 0 Å². The van der Waals surface area contributed by atoms with Crippen molar-refractivity contribution in [1.29, 1.82) is 0 Å². The number of nitrogens with zero attached hydrogens (tertiary/aromatic N) is 2. The number of halogens is 1. The SMILES string of the molecule is Cc1nn(C)cc1C(F)CCN. The second kappa shape index (κ2) is 3.67. The Morgan fingerprint density at radius 1 is 1.75 bits per heavy atom. The van der Waals surface area contributed by atoms with E-state index in [1.165, 1.54) is 0 Å². The van der Waals surface area contributed by atoms with Crippen molar-refractivity contribution >= 4 is 0 Å². The van der Waals surface area contributed by atoms with Crippen LogP contribution in [0.2, 0.25) is 0 Å². The highest BCUT2D eigenvalue weighted by Gasteiger charge is 2.13. The van der Waals surface area contributed by atoms with E-state index in [-0.39, 0.29) is 0 Å². The van der Waals surface area contributed by atoms with Crippen molar-refractivity contribution in [3.05, 3.63) is 17.5 Å². The first kappa shape index (κ1) is 9.19. The molecular formula is C8H14FN3. The molecule has 1 rings (SSSR count). The molecule has 0 aliphatic heterocycles. The lowest BCUT2D eigenvalue weighted by atomic mass is 10.1. The van der Waals surface area contributed by atoms with Crippen molar-refractivity contribution < 1.29 is 4.39 Å². The summed E-state index contributed by atoms with van der Waals surface area (Å²) < 4.78 is 14.9. The van der Waals surface area contributed by atoms with Crippen LogP contribution in [0.25, 0.3) is 0 Å². The van der Waals surface area contributed by atoms with Crippen molar-refractivity contribution in [2.45, 2.75) is 19.5 Å². The standard InChI is InChI=1S/C8H14FN3/c1-6-7(5-12(2)11-6)8(9)3-4-10/h5,8H,3-4,10H2,1-2H3.